The average molecular weight is 264 g/mol. The fourth-order valence-corrected chi connectivity index (χ4v) is 1.99. The van der Waals surface area contributed by atoms with Gasteiger partial charge in [0.05, 0.1) is 5.69 Å². The van der Waals surface area contributed by atoms with Gasteiger partial charge in [0.25, 0.3) is 5.91 Å². The molecule has 0 saturated carbocycles. The first-order valence-corrected chi connectivity index (χ1v) is 6.09. The molecule has 0 unspecified atom stereocenters. The Morgan fingerprint density at radius 3 is 2.70 bits per heavy atom. The first-order chi connectivity index (χ1) is 9.75. The Hall–Kier alpha value is -2.79. The summed E-state index contributed by atoms with van der Waals surface area (Å²) < 4.78 is 0. The molecule has 1 aliphatic heterocycles. The molecule has 1 aromatic heterocycles. The minimum atomic E-state index is -0.294. The Morgan fingerprint density at radius 1 is 1.15 bits per heavy atom. The van der Waals surface area contributed by atoms with Crippen molar-refractivity contribution in [2.75, 3.05) is 0 Å². The van der Waals surface area contributed by atoms with Gasteiger partial charge in [0, 0.05) is 41.5 Å². The van der Waals surface area contributed by atoms with Crippen LogP contribution in [0.1, 0.15) is 15.9 Å². The monoisotopic (exact) mass is 264 g/mol. The number of para-hydroxylation sites is 1. The van der Waals surface area contributed by atoms with Crippen LogP contribution < -0.4 is 5.84 Å². The topological polar surface area (TPSA) is 71.6 Å². The predicted octanol–water partition coefficient (Wildman–Crippen LogP) is 2.15. The molecule has 1 aromatic carbocycles. The van der Waals surface area contributed by atoms with E-state index in [1.165, 1.54) is 0 Å². The number of hydrogen-bond donors (Lipinski definition) is 1. The van der Waals surface area contributed by atoms with Gasteiger partial charge >= 0.3 is 0 Å². The first kappa shape index (κ1) is 12.3. The largest absolute Gasteiger partial charge is 0.272 e. The zero-order chi connectivity index (χ0) is 13.9. The van der Waals surface area contributed by atoms with Crippen LogP contribution in [0.3, 0.4) is 0 Å². The summed E-state index contributed by atoms with van der Waals surface area (Å²) in [5.41, 5.74) is 3.14. The second kappa shape index (κ2) is 5.07. The Morgan fingerprint density at radius 2 is 1.90 bits per heavy atom. The minimum absolute atomic E-state index is 0.294. The number of allylic oxidation sites excluding steroid dienone is 1. The lowest BCUT2D eigenvalue weighted by molar-refractivity contribution is 0.0823. The van der Waals surface area contributed by atoms with Gasteiger partial charge in [0.2, 0.25) is 0 Å². The number of hydrogen-bond acceptors (Lipinski definition) is 4. The Balaban J connectivity index is 1.87. The van der Waals surface area contributed by atoms with Gasteiger partial charge in [-0.3, -0.25) is 19.8 Å². The van der Waals surface area contributed by atoms with E-state index in [1.54, 1.807) is 36.9 Å². The van der Waals surface area contributed by atoms with E-state index in [2.05, 4.69) is 9.98 Å². The van der Waals surface area contributed by atoms with Gasteiger partial charge in [0.15, 0.2) is 0 Å². The molecule has 0 aliphatic carbocycles. The number of pyridine rings is 1. The molecule has 98 valence electrons. The van der Waals surface area contributed by atoms with Crippen molar-refractivity contribution in [1.29, 1.82) is 0 Å². The molecule has 2 heterocycles. The van der Waals surface area contributed by atoms with Crippen molar-refractivity contribution in [3.05, 3.63) is 66.1 Å². The Kier molecular flexibility index (Phi) is 3.10. The summed E-state index contributed by atoms with van der Waals surface area (Å²) in [6.07, 6.45) is 6.39. The van der Waals surface area contributed by atoms with E-state index in [1.807, 2.05) is 24.3 Å². The predicted molar refractivity (Wildman–Crippen MR) is 77.2 cm³/mol. The number of aromatic nitrogens is 1. The summed E-state index contributed by atoms with van der Waals surface area (Å²) in [7, 11) is 0. The van der Waals surface area contributed by atoms with Gasteiger partial charge in [-0.05, 0) is 18.2 Å². The number of amides is 1. The summed E-state index contributed by atoms with van der Waals surface area (Å²) in [4.78, 5) is 20.3. The van der Waals surface area contributed by atoms with Crippen LogP contribution in [0.5, 0.6) is 0 Å². The van der Waals surface area contributed by atoms with Crippen LogP contribution in [0, 0.1) is 0 Å². The maximum Gasteiger partial charge on any atom is 0.272 e. The van der Waals surface area contributed by atoms with E-state index < -0.39 is 0 Å². The molecule has 1 amide bonds. The van der Waals surface area contributed by atoms with Crippen molar-refractivity contribution in [3.63, 3.8) is 0 Å². The summed E-state index contributed by atoms with van der Waals surface area (Å²) >= 11 is 0. The number of carbonyl (C=O) groups is 1. The fraction of sp³-hybridized carbons (Fsp3) is 0. The third kappa shape index (κ3) is 2.22. The highest BCUT2D eigenvalue weighted by molar-refractivity contribution is 6.16. The van der Waals surface area contributed by atoms with Gasteiger partial charge in [-0.15, -0.1) is 0 Å². The summed E-state index contributed by atoms with van der Waals surface area (Å²) in [5.74, 6) is 5.52. The molecule has 0 bridgehead atoms. The molecule has 0 atom stereocenters. The molecular weight excluding hydrogens is 252 g/mol. The molecule has 20 heavy (non-hydrogen) atoms. The third-order valence-corrected chi connectivity index (χ3v) is 3.00. The molecule has 3 rings (SSSR count). The number of carbonyl (C=O) groups excluding carboxylic acids is 1. The van der Waals surface area contributed by atoms with Crippen molar-refractivity contribution in [2.24, 2.45) is 10.8 Å². The summed E-state index contributed by atoms with van der Waals surface area (Å²) in [5, 5.41) is 1.07. The second-order valence-corrected chi connectivity index (χ2v) is 4.31. The highest BCUT2D eigenvalue weighted by atomic mass is 16.2. The number of nitrogens with zero attached hydrogens (tertiary/aromatic N) is 3. The molecule has 0 spiro atoms. The van der Waals surface area contributed by atoms with Crippen LogP contribution in [0.15, 0.2) is 60.0 Å². The quantitative estimate of drug-likeness (QED) is 0.513. The average Bonchev–Trinajstić information content (AvgIpc) is 2.91. The Labute approximate surface area is 116 Å². The zero-order valence-electron chi connectivity index (χ0n) is 10.6. The number of rotatable bonds is 2. The highest BCUT2D eigenvalue weighted by Crippen LogP contribution is 2.30. The smallest absolute Gasteiger partial charge is 0.267 e. The number of hydrazine groups is 1. The van der Waals surface area contributed by atoms with Gasteiger partial charge in [-0.25, -0.2) is 5.84 Å². The molecule has 2 N–H and O–H groups in total. The highest BCUT2D eigenvalue weighted by Gasteiger charge is 2.15. The first-order valence-electron chi connectivity index (χ1n) is 6.09. The van der Waals surface area contributed by atoms with Gasteiger partial charge in [-0.1, -0.05) is 18.2 Å². The third-order valence-electron chi connectivity index (χ3n) is 3.00. The van der Waals surface area contributed by atoms with Crippen molar-refractivity contribution in [3.8, 4) is 0 Å². The van der Waals surface area contributed by atoms with Gasteiger partial charge in [-0.2, -0.15) is 0 Å². The van der Waals surface area contributed by atoms with Crippen LogP contribution in [-0.2, 0) is 0 Å². The van der Waals surface area contributed by atoms with Crippen LogP contribution in [0.25, 0.3) is 5.57 Å². The number of fused-ring (bicyclic) bond motifs is 1. The van der Waals surface area contributed by atoms with Crippen LogP contribution in [0.2, 0.25) is 0 Å². The van der Waals surface area contributed by atoms with Crippen LogP contribution >= 0.6 is 0 Å². The molecule has 5 nitrogen and oxygen atoms in total. The Bertz CT molecular complexity index is 707. The van der Waals surface area contributed by atoms with E-state index >= 15 is 0 Å². The van der Waals surface area contributed by atoms with E-state index in [0.717, 1.165) is 21.8 Å². The molecule has 5 heteroatoms. The van der Waals surface area contributed by atoms with E-state index in [9.17, 15) is 4.79 Å². The number of nitrogens with two attached hydrogens (primary N) is 1. The van der Waals surface area contributed by atoms with Crippen LogP contribution in [0.4, 0.5) is 5.69 Å². The van der Waals surface area contributed by atoms with Crippen molar-refractivity contribution in [1.82, 2.24) is 9.99 Å². The lowest BCUT2D eigenvalue weighted by Gasteiger charge is -2.12. The minimum Gasteiger partial charge on any atom is -0.267 e. The van der Waals surface area contributed by atoms with Gasteiger partial charge in [0.1, 0.15) is 0 Å². The molecule has 0 fully saturated rings. The van der Waals surface area contributed by atoms with Crippen molar-refractivity contribution < 1.29 is 4.79 Å². The number of benzene rings is 1. The molecule has 0 saturated heterocycles. The van der Waals surface area contributed by atoms with E-state index in [4.69, 9.17) is 5.84 Å². The lowest BCUT2D eigenvalue weighted by atomic mass is 10.1. The SMILES string of the molecule is NN(C=C1C=Nc2ccccc21)C(=O)c1ccncc1. The van der Waals surface area contributed by atoms with E-state index in [-0.39, 0.29) is 5.91 Å². The molecule has 0 radical (unpaired) electrons. The van der Waals surface area contributed by atoms with Crippen LogP contribution in [-0.4, -0.2) is 22.1 Å². The molecule has 2 aromatic rings. The zero-order valence-corrected chi connectivity index (χ0v) is 10.6. The summed E-state index contributed by atoms with van der Waals surface area (Å²) in [6.45, 7) is 0. The molecular formula is C15H12N4O. The molecule has 1 aliphatic rings. The van der Waals surface area contributed by atoms with E-state index in [0.29, 0.717) is 5.56 Å². The second-order valence-electron chi connectivity index (χ2n) is 4.31. The summed E-state index contributed by atoms with van der Waals surface area (Å²) in [6, 6.07) is 10.9. The van der Waals surface area contributed by atoms with Crippen molar-refractivity contribution in [2.45, 2.75) is 0 Å². The standard InChI is InChI=1S/C15H12N4O/c16-19(15(20)11-5-7-17-8-6-11)10-12-9-18-14-4-2-1-3-13(12)14/h1-10H,16H2. The normalized spacial score (nSPS) is 14.3. The lowest BCUT2D eigenvalue weighted by Crippen LogP contribution is -2.32. The fourth-order valence-electron chi connectivity index (χ4n) is 1.99. The number of aliphatic imine (C=N–C) groups is 1. The maximum atomic E-state index is 12.1. The maximum absolute atomic E-state index is 12.1. The van der Waals surface area contributed by atoms with Crippen molar-refractivity contribution >= 4 is 23.4 Å². The van der Waals surface area contributed by atoms with Gasteiger partial charge < -0.3 is 0 Å².